The molecule has 8 nitrogen and oxygen atoms in total. The Hall–Kier alpha value is -1.84. The van der Waals surface area contributed by atoms with E-state index in [1.54, 1.807) is 6.07 Å². The van der Waals surface area contributed by atoms with Crippen molar-refractivity contribution in [2.24, 2.45) is 11.8 Å². The predicted molar refractivity (Wildman–Crippen MR) is 83.4 cm³/mol. The van der Waals surface area contributed by atoms with Gasteiger partial charge in [0.2, 0.25) is 15.9 Å². The number of hydrogen-bond acceptors (Lipinski definition) is 6. The number of hydrogen-bond donors (Lipinski definition) is 2. The van der Waals surface area contributed by atoms with E-state index in [9.17, 15) is 13.2 Å². The molecule has 0 aliphatic carbocycles. The molecule has 1 atom stereocenters. The van der Waals surface area contributed by atoms with Crippen LogP contribution in [-0.2, 0) is 14.8 Å². The SMILES string of the molecule is COc1ccc(S(=O)(=O)N2CCC[C@@H](C(=O)NN)C2)cc1OC. The first-order chi connectivity index (χ1) is 10.9. The molecule has 0 saturated carbocycles. The lowest BCUT2D eigenvalue weighted by atomic mass is 9.99. The number of ether oxygens (including phenoxy) is 2. The Bertz CT molecular complexity index is 677. The zero-order valence-electron chi connectivity index (χ0n) is 13.1. The number of carbonyl (C=O) groups is 1. The highest BCUT2D eigenvalue weighted by Gasteiger charge is 2.33. The van der Waals surface area contributed by atoms with Crippen molar-refractivity contribution in [3.8, 4) is 11.5 Å². The van der Waals surface area contributed by atoms with E-state index in [1.807, 2.05) is 0 Å². The van der Waals surface area contributed by atoms with Crippen LogP contribution >= 0.6 is 0 Å². The highest BCUT2D eigenvalue weighted by atomic mass is 32.2. The zero-order chi connectivity index (χ0) is 17.0. The molecule has 0 bridgehead atoms. The van der Waals surface area contributed by atoms with Gasteiger partial charge in [0.25, 0.3) is 0 Å². The zero-order valence-corrected chi connectivity index (χ0v) is 13.9. The molecule has 1 aromatic rings. The van der Waals surface area contributed by atoms with Crippen LogP contribution in [0.1, 0.15) is 12.8 Å². The van der Waals surface area contributed by atoms with Crippen molar-refractivity contribution in [1.29, 1.82) is 0 Å². The minimum Gasteiger partial charge on any atom is -0.493 e. The fourth-order valence-electron chi connectivity index (χ4n) is 2.62. The van der Waals surface area contributed by atoms with Crippen molar-refractivity contribution in [3.63, 3.8) is 0 Å². The third-order valence-electron chi connectivity index (χ3n) is 3.89. The van der Waals surface area contributed by atoms with Gasteiger partial charge in [-0.15, -0.1) is 0 Å². The van der Waals surface area contributed by atoms with Crippen LogP contribution in [0.25, 0.3) is 0 Å². The van der Waals surface area contributed by atoms with Gasteiger partial charge in [-0.25, -0.2) is 14.3 Å². The van der Waals surface area contributed by atoms with Gasteiger partial charge in [-0.1, -0.05) is 0 Å². The second-order valence-electron chi connectivity index (χ2n) is 5.23. The van der Waals surface area contributed by atoms with E-state index >= 15 is 0 Å². The largest absolute Gasteiger partial charge is 0.493 e. The molecule has 2 rings (SSSR count). The minimum atomic E-state index is -3.72. The molecular weight excluding hydrogens is 322 g/mol. The summed E-state index contributed by atoms with van der Waals surface area (Å²) in [6.07, 6.45) is 1.21. The lowest BCUT2D eigenvalue weighted by Crippen LogP contribution is -2.46. The maximum Gasteiger partial charge on any atom is 0.243 e. The first-order valence-electron chi connectivity index (χ1n) is 7.16. The van der Waals surface area contributed by atoms with Gasteiger partial charge in [-0.05, 0) is 25.0 Å². The van der Waals surface area contributed by atoms with E-state index in [0.29, 0.717) is 30.9 Å². The minimum absolute atomic E-state index is 0.101. The van der Waals surface area contributed by atoms with E-state index in [1.165, 1.54) is 30.7 Å². The van der Waals surface area contributed by atoms with Crippen molar-refractivity contribution < 1.29 is 22.7 Å². The Balaban J connectivity index is 2.29. The molecule has 0 unspecified atom stereocenters. The Morgan fingerprint density at radius 1 is 1.30 bits per heavy atom. The predicted octanol–water partition coefficient (Wildman–Crippen LogP) is 0.0944. The van der Waals surface area contributed by atoms with Crippen molar-refractivity contribution in [2.45, 2.75) is 17.7 Å². The normalized spacial score (nSPS) is 19.2. The quantitative estimate of drug-likeness (QED) is 0.445. The van der Waals surface area contributed by atoms with Crippen LogP contribution < -0.4 is 20.7 Å². The molecule has 3 N–H and O–H groups in total. The summed E-state index contributed by atoms with van der Waals surface area (Å²) in [5, 5.41) is 0. The summed E-state index contributed by atoms with van der Waals surface area (Å²) >= 11 is 0. The van der Waals surface area contributed by atoms with E-state index in [4.69, 9.17) is 15.3 Å². The van der Waals surface area contributed by atoms with Gasteiger partial charge in [0.05, 0.1) is 25.0 Å². The van der Waals surface area contributed by atoms with Crippen LogP contribution in [0.5, 0.6) is 11.5 Å². The van der Waals surface area contributed by atoms with Crippen LogP contribution in [0.2, 0.25) is 0 Å². The number of piperidine rings is 1. The number of amides is 1. The Morgan fingerprint density at radius 2 is 2.00 bits per heavy atom. The molecule has 1 heterocycles. The van der Waals surface area contributed by atoms with Gasteiger partial charge < -0.3 is 9.47 Å². The molecule has 128 valence electrons. The first-order valence-corrected chi connectivity index (χ1v) is 8.60. The van der Waals surface area contributed by atoms with Gasteiger partial charge in [0.15, 0.2) is 11.5 Å². The molecule has 9 heteroatoms. The number of nitrogens with zero attached hydrogens (tertiary/aromatic N) is 1. The summed E-state index contributed by atoms with van der Waals surface area (Å²) in [4.78, 5) is 11.8. The van der Waals surface area contributed by atoms with Gasteiger partial charge >= 0.3 is 0 Å². The molecule has 23 heavy (non-hydrogen) atoms. The monoisotopic (exact) mass is 343 g/mol. The number of hydrazine groups is 1. The Morgan fingerprint density at radius 3 is 2.61 bits per heavy atom. The number of methoxy groups -OCH3 is 2. The molecule has 1 saturated heterocycles. The third kappa shape index (κ3) is 3.57. The van der Waals surface area contributed by atoms with Crippen molar-refractivity contribution >= 4 is 15.9 Å². The fraction of sp³-hybridized carbons (Fsp3) is 0.500. The summed E-state index contributed by atoms with van der Waals surface area (Å²) in [6, 6.07) is 4.42. The standard InChI is InChI=1S/C14H21N3O5S/c1-21-12-6-5-11(8-13(12)22-2)23(19,20)17-7-3-4-10(9-17)14(18)16-15/h5-6,8,10H,3-4,7,9,15H2,1-2H3,(H,16,18)/t10-/m1/s1. The van der Waals surface area contributed by atoms with Gasteiger partial charge in [-0.2, -0.15) is 4.31 Å². The topological polar surface area (TPSA) is 111 Å². The second-order valence-corrected chi connectivity index (χ2v) is 7.17. The molecule has 0 aromatic heterocycles. The van der Waals surface area contributed by atoms with Gasteiger partial charge in [0.1, 0.15) is 0 Å². The average molecular weight is 343 g/mol. The molecule has 1 fully saturated rings. The smallest absolute Gasteiger partial charge is 0.243 e. The van der Waals surface area contributed by atoms with Gasteiger partial charge in [0, 0.05) is 19.2 Å². The third-order valence-corrected chi connectivity index (χ3v) is 5.75. The lowest BCUT2D eigenvalue weighted by molar-refractivity contribution is -0.126. The van der Waals surface area contributed by atoms with E-state index in [2.05, 4.69) is 5.43 Å². The van der Waals surface area contributed by atoms with Crippen molar-refractivity contribution in [3.05, 3.63) is 18.2 Å². The first kappa shape index (κ1) is 17.5. The van der Waals surface area contributed by atoms with Crippen molar-refractivity contribution in [1.82, 2.24) is 9.73 Å². The van der Waals surface area contributed by atoms with E-state index < -0.39 is 15.9 Å². The summed E-state index contributed by atoms with van der Waals surface area (Å²) in [7, 11) is -0.797. The molecular formula is C14H21N3O5S. The average Bonchev–Trinajstić information content (AvgIpc) is 2.60. The summed E-state index contributed by atoms with van der Waals surface area (Å²) in [5.41, 5.74) is 2.08. The van der Waals surface area contributed by atoms with Crippen LogP contribution in [0.3, 0.4) is 0 Å². The van der Waals surface area contributed by atoms with E-state index in [-0.39, 0.29) is 17.3 Å². The molecule has 0 radical (unpaired) electrons. The van der Waals surface area contributed by atoms with Crippen LogP contribution in [0, 0.1) is 5.92 Å². The number of carbonyl (C=O) groups excluding carboxylic acids is 1. The Kier molecular flexibility index (Phi) is 5.45. The summed E-state index contributed by atoms with van der Waals surface area (Å²) < 4.78 is 37.1. The molecule has 1 aliphatic rings. The van der Waals surface area contributed by atoms with Gasteiger partial charge in [-0.3, -0.25) is 10.2 Å². The van der Waals surface area contributed by atoms with Crippen LogP contribution in [-0.4, -0.2) is 45.9 Å². The number of nitrogens with one attached hydrogen (secondary N) is 1. The maximum absolute atomic E-state index is 12.8. The molecule has 1 aromatic carbocycles. The van der Waals surface area contributed by atoms with E-state index in [0.717, 1.165) is 0 Å². The highest BCUT2D eigenvalue weighted by molar-refractivity contribution is 7.89. The number of sulfonamides is 1. The summed E-state index contributed by atoms with van der Waals surface area (Å²) in [6.45, 7) is 0.477. The number of benzene rings is 1. The van der Waals surface area contributed by atoms with Crippen LogP contribution in [0.15, 0.2) is 23.1 Å². The number of nitrogens with two attached hydrogens (primary N) is 1. The van der Waals surface area contributed by atoms with Crippen LogP contribution in [0.4, 0.5) is 0 Å². The second kappa shape index (κ2) is 7.16. The molecule has 1 aliphatic heterocycles. The molecule has 0 spiro atoms. The molecule has 1 amide bonds. The van der Waals surface area contributed by atoms with Crippen molar-refractivity contribution in [2.75, 3.05) is 27.3 Å². The fourth-order valence-corrected chi connectivity index (χ4v) is 4.16. The lowest BCUT2D eigenvalue weighted by Gasteiger charge is -2.30. The summed E-state index contributed by atoms with van der Waals surface area (Å²) in [5.74, 6) is 5.13. The maximum atomic E-state index is 12.8. The highest BCUT2D eigenvalue weighted by Crippen LogP contribution is 2.31. The Labute approximate surface area is 135 Å². The number of rotatable bonds is 5.